The van der Waals surface area contributed by atoms with Gasteiger partial charge in [0.05, 0.1) is 0 Å². The molecule has 1 aromatic carbocycles. The highest BCUT2D eigenvalue weighted by Crippen LogP contribution is 2.59. The molecule has 1 heteroatoms. The van der Waals surface area contributed by atoms with Gasteiger partial charge in [-0.15, -0.1) is 0 Å². The normalized spacial score (nSPS) is 29.8. The molecule has 0 nitrogen and oxygen atoms in total. The second kappa shape index (κ2) is 6.04. The first-order chi connectivity index (χ1) is 11.3. The number of hydrogen-bond donors (Lipinski definition) is 0. The van der Waals surface area contributed by atoms with Gasteiger partial charge < -0.3 is 0 Å². The van der Waals surface area contributed by atoms with E-state index < -0.39 is 0 Å². The van der Waals surface area contributed by atoms with Crippen LogP contribution in [0, 0.1) is 17.8 Å². The fraction of sp³-hybridized carbons (Fsp3) is 0.391. The molecule has 2 unspecified atom stereocenters. The molecule has 124 valence electrons. The van der Waals surface area contributed by atoms with Gasteiger partial charge in [-0.1, -0.05) is 89.5 Å². The maximum absolute atomic E-state index is 2.48. The minimum absolute atomic E-state index is 0.100. The van der Waals surface area contributed by atoms with E-state index in [4.69, 9.17) is 0 Å². The summed E-state index contributed by atoms with van der Waals surface area (Å²) >= 11 is 0. The van der Waals surface area contributed by atoms with E-state index in [1.807, 2.05) is 0 Å². The Morgan fingerprint density at radius 2 is 1.62 bits per heavy atom. The van der Waals surface area contributed by atoms with Crippen LogP contribution in [0.3, 0.4) is 0 Å². The Morgan fingerprint density at radius 1 is 0.917 bits per heavy atom. The number of aryl methyl sites for hydroxylation is 1. The van der Waals surface area contributed by atoms with Gasteiger partial charge >= 0.3 is 0 Å². The molecule has 0 N–H and O–H groups in total. The van der Waals surface area contributed by atoms with Crippen molar-refractivity contribution in [3.05, 3.63) is 76.0 Å². The molecule has 0 aliphatic heterocycles. The Morgan fingerprint density at radius 3 is 2.25 bits per heavy atom. The quantitative estimate of drug-likeness (QED) is 0.643. The number of benzene rings is 1. The van der Waals surface area contributed by atoms with Crippen LogP contribution in [0.4, 0.5) is 0 Å². The Kier molecular flexibility index (Phi) is 4.33. The molecule has 0 spiro atoms. The van der Waals surface area contributed by atoms with Gasteiger partial charge in [0.2, 0.25) is 0 Å². The lowest BCUT2D eigenvalue weighted by Crippen LogP contribution is -2.41. The molecule has 0 amide bonds. The van der Waals surface area contributed by atoms with Crippen LogP contribution < -0.4 is 5.19 Å². The molecule has 0 saturated heterocycles. The van der Waals surface area contributed by atoms with Crippen LogP contribution >= 0.6 is 0 Å². The van der Waals surface area contributed by atoms with Crippen molar-refractivity contribution in [2.45, 2.75) is 48.0 Å². The van der Waals surface area contributed by atoms with Gasteiger partial charge in [0.15, 0.2) is 0 Å². The Hall–Kier alpha value is -1.60. The van der Waals surface area contributed by atoms with Crippen LogP contribution in [0.5, 0.6) is 0 Å². The van der Waals surface area contributed by atoms with E-state index in [0.29, 0.717) is 0 Å². The third kappa shape index (κ3) is 2.41. The van der Waals surface area contributed by atoms with Crippen molar-refractivity contribution in [2.24, 2.45) is 10.8 Å². The summed E-state index contributed by atoms with van der Waals surface area (Å²) in [6.07, 6.45) is 10.3. The summed E-state index contributed by atoms with van der Waals surface area (Å²) in [5.41, 5.74) is 6.22. The molecule has 0 fully saturated rings. The second-order valence-electron chi connectivity index (χ2n) is 7.72. The molecule has 2 radical (unpaired) electrons. The van der Waals surface area contributed by atoms with Gasteiger partial charge in [-0.25, -0.2) is 0 Å². The summed E-state index contributed by atoms with van der Waals surface area (Å²) in [7, 11) is 0.746. The van der Waals surface area contributed by atoms with Gasteiger partial charge in [0.25, 0.3) is 0 Å². The molecular formula is C23H28Si. The molecular weight excluding hydrogens is 304 g/mol. The zero-order valence-electron chi connectivity index (χ0n) is 15.8. The maximum Gasteiger partial charge on any atom is 0.117 e. The number of allylic oxidation sites excluding steroid dienone is 8. The van der Waals surface area contributed by atoms with Crippen LogP contribution in [-0.4, -0.2) is 9.52 Å². The van der Waals surface area contributed by atoms with E-state index in [9.17, 15) is 0 Å². The van der Waals surface area contributed by atoms with Crippen molar-refractivity contribution < 1.29 is 0 Å². The first-order valence-corrected chi connectivity index (χ1v) is 9.88. The average molecular weight is 333 g/mol. The largest absolute Gasteiger partial charge is 0.117 e. The van der Waals surface area contributed by atoms with Crippen LogP contribution in [0.15, 0.2) is 70.5 Å². The Labute approximate surface area is 149 Å². The van der Waals surface area contributed by atoms with E-state index in [0.717, 1.165) is 15.9 Å². The molecule has 0 heterocycles. The summed E-state index contributed by atoms with van der Waals surface area (Å²) in [4.78, 5) is 0. The maximum atomic E-state index is 2.48. The van der Waals surface area contributed by atoms with E-state index >= 15 is 0 Å². The van der Waals surface area contributed by atoms with Crippen molar-refractivity contribution in [2.75, 3.05) is 0 Å². The molecule has 3 rings (SSSR count). The Bertz CT molecular complexity index is 790. The van der Waals surface area contributed by atoms with Crippen LogP contribution in [-0.2, 0) is 0 Å². The molecule has 2 aliphatic carbocycles. The first kappa shape index (κ1) is 17.2. The predicted molar refractivity (Wildman–Crippen MR) is 107 cm³/mol. The van der Waals surface area contributed by atoms with Crippen LogP contribution in [0.25, 0.3) is 0 Å². The number of rotatable bonds is 3. The SMILES string of the molecule is CC1=C(C)C(C)(C2(C)C=CC=CC2)C([Si]c2ccccc2C)=C1C. The van der Waals surface area contributed by atoms with Gasteiger partial charge in [-0.3, -0.25) is 0 Å². The molecule has 2 aliphatic rings. The van der Waals surface area contributed by atoms with Crippen molar-refractivity contribution in [3.63, 3.8) is 0 Å². The lowest BCUT2D eigenvalue weighted by Gasteiger charge is -2.47. The van der Waals surface area contributed by atoms with Crippen LogP contribution in [0.2, 0.25) is 0 Å². The third-order valence-corrected chi connectivity index (χ3v) is 8.51. The lowest BCUT2D eigenvalue weighted by atomic mass is 9.60. The Balaban J connectivity index is 2.11. The fourth-order valence-electron chi connectivity index (χ4n) is 4.28. The van der Waals surface area contributed by atoms with E-state index in [1.165, 1.54) is 21.9 Å². The zero-order valence-corrected chi connectivity index (χ0v) is 16.8. The van der Waals surface area contributed by atoms with Crippen molar-refractivity contribution >= 4 is 14.7 Å². The monoisotopic (exact) mass is 332 g/mol. The van der Waals surface area contributed by atoms with Gasteiger partial charge in [0.1, 0.15) is 9.52 Å². The lowest BCUT2D eigenvalue weighted by molar-refractivity contribution is 0.224. The first-order valence-electron chi connectivity index (χ1n) is 8.88. The van der Waals surface area contributed by atoms with Crippen molar-refractivity contribution in [1.29, 1.82) is 0 Å². The highest BCUT2D eigenvalue weighted by Gasteiger charge is 2.50. The van der Waals surface area contributed by atoms with Crippen LogP contribution in [0.1, 0.15) is 46.6 Å². The van der Waals surface area contributed by atoms with E-state index in [2.05, 4.69) is 90.1 Å². The summed E-state index contributed by atoms with van der Waals surface area (Å²) in [5.74, 6) is 0. The molecule has 0 aromatic heterocycles. The topological polar surface area (TPSA) is 0 Å². The summed E-state index contributed by atoms with van der Waals surface area (Å²) in [6, 6.07) is 8.86. The fourth-order valence-corrected chi connectivity index (χ4v) is 6.11. The smallest absolute Gasteiger partial charge is 0.0837 e. The minimum atomic E-state index is 0.100. The minimum Gasteiger partial charge on any atom is -0.0837 e. The summed E-state index contributed by atoms with van der Waals surface area (Å²) in [5, 5.41) is 3.12. The van der Waals surface area contributed by atoms with E-state index in [-0.39, 0.29) is 10.8 Å². The highest BCUT2D eigenvalue weighted by atomic mass is 28.2. The molecule has 0 saturated carbocycles. The molecule has 24 heavy (non-hydrogen) atoms. The highest BCUT2D eigenvalue weighted by molar-refractivity contribution is 6.62. The van der Waals surface area contributed by atoms with Gasteiger partial charge in [-0.05, 0) is 39.7 Å². The van der Waals surface area contributed by atoms with Gasteiger partial charge in [-0.2, -0.15) is 0 Å². The standard InChI is InChI=1S/C23H28Si/c1-16-12-8-9-13-20(16)24-21-18(3)17(2)19(4)23(21,6)22(5)14-10-7-11-15-22/h7-14H,15H2,1-6H3. The summed E-state index contributed by atoms with van der Waals surface area (Å²) < 4.78 is 0. The second-order valence-corrected chi connectivity index (χ2v) is 9.01. The van der Waals surface area contributed by atoms with Crippen molar-refractivity contribution in [1.82, 2.24) is 0 Å². The zero-order chi connectivity index (χ0) is 17.5. The predicted octanol–water partition coefficient (Wildman–Crippen LogP) is 5.48. The average Bonchev–Trinajstić information content (AvgIpc) is 2.74. The molecule has 1 aromatic rings. The third-order valence-electron chi connectivity index (χ3n) is 6.55. The molecule has 0 bridgehead atoms. The molecule has 2 atom stereocenters. The number of hydrogen-bond acceptors (Lipinski definition) is 0. The van der Waals surface area contributed by atoms with Gasteiger partial charge in [0, 0.05) is 10.8 Å². The summed E-state index contributed by atoms with van der Waals surface area (Å²) in [6.45, 7) is 14.1. The van der Waals surface area contributed by atoms with E-state index in [1.54, 1.807) is 10.8 Å². The van der Waals surface area contributed by atoms with Crippen molar-refractivity contribution in [3.8, 4) is 0 Å².